The summed E-state index contributed by atoms with van der Waals surface area (Å²) >= 11 is 13.4. The number of hydrogen-bond acceptors (Lipinski definition) is 5. The zero-order chi connectivity index (χ0) is 18.7. The molecule has 3 rings (SSSR count). The van der Waals surface area contributed by atoms with Crippen molar-refractivity contribution in [2.45, 2.75) is 26.4 Å². The fraction of sp³-hybridized carbons (Fsp3) is 0.222. The SMILES string of the molecule is CC(=O)N(c1ccc(Cl)c(Cl)c1)c1nc(CN[C@@H](C)c2ccco2)cs1. The topological polar surface area (TPSA) is 58.4 Å². The summed E-state index contributed by atoms with van der Waals surface area (Å²) in [5, 5.41) is 6.68. The van der Waals surface area contributed by atoms with Crippen LogP contribution < -0.4 is 10.2 Å². The van der Waals surface area contributed by atoms with E-state index in [1.807, 2.05) is 24.4 Å². The van der Waals surface area contributed by atoms with Crippen LogP contribution in [0, 0.1) is 0 Å². The van der Waals surface area contributed by atoms with Crippen molar-refractivity contribution in [3.8, 4) is 0 Å². The van der Waals surface area contributed by atoms with Crippen molar-refractivity contribution in [3.05, 3.63) is 63.5 Å². The summed E-state index contributed by atoms with van der Waals surface area (Å²) in [7, 11) is 0. The van der Waals surface area contributed by atoms with E-state index in [0.717, 1.165) is 11.5 Å². The largest absolute Gasteiger partial charge is 0.468 e. The monoisotopic (exact) mass is 409 g/mol. The van der Waals surface area contributed by atoms with Crippen molar-refractivity contribution in [1.29, 1.82) is 0 Å². The first-order chi connectivity index (χ1) is 12.5. The summed E-state index contributed by atoms with van der Waals surface area (Å²) in [6.45, 7) is 4.07. The molecule has 1 atom stereocenters. The molecule has 26 heavy (non-hydrogen) atoms. The average molecular weight is 410 g/mol. The van der Waals surface area contributed by atoms with Crippen LogP contribution >= 0.6 is 34.5 Å². The lowest BCUT2D eigenvalue weighted by atomic mass is 10.2. The molecule has 5 nitrogen and oxygen atoms in total. The number of carbonyl (C=O) groups is 1. The van der Waals surface area contributed by atoms with Crippen LogP contribution in [-0.2, 0) is 11.3 Å². The predicted molar refractivity (Wildman–Crippen MR) is 105 cm³/mol. The maximum Gasteiger partial charge on any atom is 0.230 e. The molecule has 0 radical (unpaired) electrons. The van der Waals surface area contributed by atoms with Crippen molar-refractivity contribution in [2.75, 3.05) is 4.90 Å². The number of amides is 1. The van der Waals surface area contributed by atoms with Crippen LogP contribution in [0.3, 0.4) is 0 Å². The molecule has 1 aromatic carbocycles. The highest BCUT2D eigenvalue weighted by molar-refractivity contribution is 7.14. The lowest BCUT2D eigenvalue weighted by Gasteiger charge is -2.18. The number of hydrogen-bond donors (Lipinski definition) is 1. The summed E-state index contributed by atoms with van der Waals surface area (Å²) in [5.74, 6) is 0.711. The molecule has 0 aliphatic rings. The van der Waals surface area contributed by atoms with E-state index in [9.17, 15) is 4.79 Å². The van der Waals surface area contributed by atoms with E-state index in [2.05, 4.69) is 10.3 Å². The van der Waals surface area contributed by atoms with Gasteiger partial charge in [0.25, 0.3) is 0 Å². The first-order valence-electron chi connectivity index (χ1n) is 7.92. The van der Waals surface area contributed by atoms with Crippen molar-refractivity contribution in [1.82, 2.24) is 10.3 Å². The summed E-state index contributed by atoms with van der Waals surface area (Å²) in [5.41, 5.74) is 1.47. The third-order valence-electron chi connectivity index (χ3n) is 3.77. The minimum absolute atomic E-state index is 0.0640. The van der Waals surface area contributed by atoms with Gasteiger partial charge in [-0.25, -0.2) is 4.98 Å². The molecule has 3 aromatic rings. The molecule has 0 aliphatic carbocycles. The van der Waals surface area contributed by atoms with Gasteiger partial charge in [0.2, 0.25) is 5.91 Å². The molecule has 0 saturated carbocycles. The zero-order valence-corrected chi connectivity index (χ0v) is 16.5. The summed E-state index contributed by atoms with van der Waals surface area (Å²) < 4.78 is 5.38. The number of rotatable bonds is 6. The molecule has 0 fully saturated rings. The molecular weight excluding hydrogens is 393 g/mol. The van der Waals surface area contributed by atoms with Crippen LogP contribution in [0.1, 0.15) is 31.3 Å². The molecule has 0 aliphatic heterocycles. The second kappa shape index (κ2) is 8.22. The highest BCUT2D eigenvalue weighted by Crippen LogP contribution is 2.33. The van der Waals surface area contributed by atoms with Crippen LogP contribution in [0.25, 0.3) is 0 Å². The van der Waals surface area contributed by atoms with E-state index < -0.39 is 0 Å². The molecule has 2 heterocycles. The Balaban J connectivity index is 1.75. The third kappa shape index (κ3) is 4.27. The van der Waals surface area contributed by atoms with Gasteiger partial charge in [-0.3, -0.25) is 9.69 Å². The fourth-order valence-electron chi connectivity index (χ4n) is 2.43. The standard InChI is InChI=1S/C18H17Cl2N3O2S/c1-11(17-4-3-7-25-17)21-9-13-10-26-18(22-13)23(12(2)24)14-5-6-15(19)16(20)8-14/h3-8,10-11,21H,9H2,1-2H3/t11-/m0/s1. The maximum atomic E-state index is 12.2. The summed E-state index contributed by atoms with van der Waals surface area (Å²) in [6.07, 6.45) is 1.65. The van der Waals surface area contributed by atoms with Crippen LogP contribution in [0.4, 0.5) is 10.8 Å². The minimum Gasteiger partial charge on any atom is -0.468 e. The van der Waals surface area contributed by atoms with Crippen molar-refractivity contribution >= 4 is 51.3 Å². The molecule has 0 saturated heterocycles. The van der Waals surface area contributed by atoms with E-state index in [1.165, 1.54) is 23.2 Å². The predicted octanol–water partition coefficient (Wildman–Crippen LogP) is 5.58. The Morgan fingerprint density at radius 2 is 2.15 bits per heavy atom. The smallest absolute Gasteiger partial charge is 0.230 e. The number of aromatic nitrogens is 1. The van der Waals surface area contributed by atoms with E-state index in [0.29, 0.717) is 27.4 Å². The Labute approximate surface area is 165 Å². The molecule has 2 aromatic heterocycles. The highest BCUT2D eigenvalue weighted by Gasteiger charge is 2.19. The Morgan fingerprint density at radius 1 is 1.35 bits per heavy atom. The van der Waals surface area contributed by atoms with Crippen molar-refractivity contribution in [3.63, 3.8) is 0 Å². The number of halogens is 2. The number of nitrogens with zero attached hydrogens (tertiary/aromatic N) is 2. The molecule has 1 N–H and O–H groups in total. The van der Waals surface area contributed by atoms with E-state index in [1.54, 1.807) is 24.5 Å². The van der Waals surface area contributed by atoms with Gasteiger partial charge in [-0.1, -0.05) is 23.2 Å². The zero-order valence-electron chi connectivity index (χ0n) is 14.2. The first-order valence-corrected chi connectivity index (χ1v) is 9.56. The number of anilines is 2. The molecule has 136 valence electrons. The van der Waals surface area contributed by atoms with Crippen molar-refractivity contribution < 1.29 is 9.21 Å². The Morgan fingerprint density at radius 3 is 2.81 bits per heavy atom. The van der Waals surface area contributed by atoms with Gasteiger partial charge in [0, 0.05) is 18.8 Å². The first kappa shape index (κ1) is 18.9. The second-order valence-electron chi connectivity index (χ2n) is 5.69. The second-order valence-corrected chi connectivity index (χ2v) is 7.34. The molecule has 0 spiro atoms. The van der Waals surface area contributed by atoms with Gasteiger partial charge in [-0.15, -0.1) is 11.3 Å². The van der Waals surface area contributed by atoms with Gasteiger partial charge in [-0.2, -0.15) is 0 Å². The van der Waals surface area contributed by atoms with Gasteiger partial charge in [0.15, 0.2) is 5.13 Å². The molecule has 0 unspecified atom stereocenters. The lowest BCUT2D eigenvalue weighted by Crippen LogP contribution is -2.23. The van der Waals surface area contributed by atoms with Crippen LogP contribution in [0.15, 0.2) is 46.4 Å². The minimum atomic E-state index is -0.152. The number of nitrogens with one attached hydrogen (secondary N) is 1. The Bertz CT molecular complexity index is 896. The van der Waals surface area contributed by atoms with E-state index >= 15 is 0 Å². The number of carbonyl (C=O) groups excluding carboxylic acids is 1. The van der Waals surface area contributed by atoms with Gasteiger partial charge in [-0.05, 0) is 37.3 Å². The van der Waals surface area contributed by atoms with Crippen LogP contribution in [-0.4, -0.2) is 10.9 Å². The van der Waals surface area contributed by atoms with Gasteiger partial charge in [0.1, 0.15) is 5.76 Å². The van der Waals surface area contributed by atoms with Gasteiger partial charge >= 0.3 is 0 Å². The van der Waals surface area contributed by atoms with Gasteiger partial charge < -0.3 is 9.73 Å². The summed E-state index contributed by atoms with van der Waals surface area (Å²) in [4.78, 5) is 18.2. The molecule has 8 heteroatoms. The van der Waals surface area contributed by atoms with Crippen LogP contribution in [0.2, 0.25) is 10.0 Å². The Hall–Kier alpha value is -1.86. The number of benzene rings is 1. The number of thiazole rings is 1. The normalized spacial score (nSPS) is 12.2. The van der Waals surface area contributed by atoms with Crippen molar-refractivity contribution in [2.24, 2.45) is 0 Å². The maximum absolute atomic E-state index is 12.2. The van der Waals surface area contributed by atoms with E-state index in [-0.39, 0.29) is 11.9 Å². The third-order valence-corrected chi connectivity index (χ3v) is 5.38. The lowest BCUT2D eigenvalue weighted by molar-refractivity contribution is -0.115. The average Bonchev–Trinajstić information content (AvgIpc) is 3.28. The highest BCUT2D eigenvalue weighted by atomic mass is 35.5. The number of furan rings is 1. The van der Waals surface area contributed by atoms with Crippen LogP contribution in [0.5, 0.6) is 0 Å². The molecule has 1 amide bonds. The molecule has 0 bridgehead atoms. The quantitative estimate of drug-likeness (QED) is 0.577. The Kier molecular flexibility index (Phi) is 5.98. The van der Waals surface area contributed by atoms with Gasteiger partial charge in [0.05, 0.1) is 33.7 Å². The van der Waals surface area contributed by atoms with E-state index in [4.69, 9.17) is 27.6 Å². The fourth-order valence-corrected chi connectivity index (χ4v) is 3.61. The summed E-state index contributed by atoms with van der Waals surface area (Å²) in [6, 6.07) is 8.91. The molecular formula is C18H17Cl2N3O2S.